The molecule has 3 aliphatic heterocycles. The Morgan fingerprint density at radius 3 is 2.34 bits per heavy atom. The van der Waals surface area contributed by atoms with Crippen molar-refractivity contribution in [2.45, 2.75) is 44.8 Å². The van der Waals surface area contributed by atoms with E-state index >= 15 is 0 Å². The van der Waals surface area contributed by atoms with Gasteiger partial charge in [-0.05, 0) is 32.4 Å². The lowest BCUT2D eigenvalue weighted by atomic mass is 10.1. The summed E-state index contributed by atoms with van der Waals surface area (Å²) >= 11 is 0. The van der Waals surface area contributed by atoms with Crippen LogP contribution in [0, 0.1) is 0 Å². The van der Waals surface area contributed by atoms with Gasteiger partial charge in [-0.3, -0.25) is 14.7 Å². The summed E-state index contributed by atoms with van der Waals surface area (Å²) in [7, 11) is -2.88. The highest BCUT2D eigenvalue weighted by Gasteiger charge is 2.34. The summed E-state index contributed by atoms with van der Waals surface area (Å²) in [4.78, 5) is 18.9. The van der Waals surface area contributed by atoms with Crippen LogP contribution >= 0.6 is 0 Å². The zero-order valence-electron chi connectivity index (χ0n) is 16.9. The van der Waals surface area contributed by atoms with Gasteiger partial charge in [0.1, 0.15) is 12.0 Å². The van der Waals surface area contributed by atoms with Gasteiger partial charge in [0.25, 0.3) is 0 Å². The van der Waals surface area contributed by atoms with Crippen molar-refractivity contribution in [2.75, 3.05) is 50.8 Å². The third kappa shape index (κ3) is 5.02. The van der Waals surface area contributed by atoms with Crippen molar-refractivity contribution in [1.82, 2.24) is 14.7 Å². The Balaban J connectivity index is 1.37. The third-order valence-electron chi connectivity index (χ3n) is 6.50. The molecule has 0 saturated carbocycles. The van der Waals surface area contributed by atoms with Gasteiger partial charge in [0.15, 0.2) is 9.84 Å². The molecule has 0 aromatic carbocycles. The fourth-order valence-electron chi connectivity index (χ4n) is 4.73. The van der Waals surface area contributed by atoms with Crippen LogP contribution in [0.1, 0.15) is 36.8 Å². The smallest absolute Gasteiger partial charge is 0.343 e. The maximum absolute atomic E-state index is 12.3. The van der Waals surface area contributed by atoms with E-state index in [1.54, 1.807) is 0 Å². The van der Waals surface area contributed by atoms with E-state index in [0.29, 0.717) is 30.6 Å². The molecule has 162 valence electrons. The van der Waals surface area contributed by atoms with Gasteiger partial charge in [0, 0.05) is 50.9 Å². The number of sulfone groups is 1. The molecule has 0 aliphatic carbocycles. The molecule has 0 bridgehead atoms. The molecule has 4 heterocycles. The molecule has 3 saturated heterocycles. The van der Waals surface area contributed by atoms with E-state index in [9.17, 15) is 18.3 Å². The minimum absolute atomic E-state index is 0.0659. The average molecular weight is 426 g/mol. The molecule has 8 nitrogen and oxygen atoms in total. The van der Waals surface area contributed by atoms with Crippen molar-refractivity contribution in [3.05, 3.63) is 27.8 Å². The van der Waals surface area contributed by atoms with E-state index in [1.807, 2.05) is 0 Å². The van der Waals surface area contributed by atoms with E-state index < -0.39 is 15.5 Å². The Bertz CT molecular complexity index is 871. The summed E-state index contributed by atoms with van der Waals surface area (Å²) in [5, 5.41) is 10.7. The van der Waals surface area contributed by atoms with Gasteiger partial charge < -0.3 is 9.52 Å². The zero-order valence-corrected chi connectivity index (χ0v) is 17.7. The number of hydrogen-bond acceptors (Lipinski definition) is 8. The van der Waals surface area contributed by atoms with E-state index in [2.05, 4.69) is 14.7 Å². The molecule has 3 fully saturated rings. The molecule has 3 aliphatic rings. The summed E-state index contributed by atoms with van der Waals surface area (Å²) in [6.07, 6.45) is 5.68. The second-order valence-electron chi connectivity index (χ2n) is 8.58. The van der Waals surface area contributed by atoms with Crippen molar-refractivity contribution in [2.24, 2.45) is 0 Å². The lowest BCUT2D eigenvalue weighted by Gasteiger charge is -2.37. The van der Waals surface area contributed by atoms with Crippen molar-refractivity contribution >= 4 is 9.84 Å². The molecular weight excluding hydrogens is 394 g/mol. The number of aromatic hydroxyl groups is 1. The minimum atomic E-state index is -2.88. The monoisotopic (exact) mass is 425 g/mol. The van der Waals surface area contributed by atoms with Crippen LogP contribution in [0.2, 0.25) is 0 Å². The SMILES string of the molecule is O=c1occ(CN2CCCCC2)c(O)c1CN1CCN([C@@H]2CCS(=O)(=O)C2)CC1. The lowest BCUT2D eigenvalue weighted by Crippen LogP contribution is -2.50. The standard InChI is InChI=1S/C20H31N3O5S/c24-19-16(12-21-5-2-1-3-6-21)14-28-20(25)18(19)13-22-7-9-23(10-8-22)17-4-11-29(26,27)15-17/h14,17,24H,1-13,15H2/t17-/m1/s1. The summed E-state index contributed by atoms with van der Waals surface area (Å²) in [6.45, 7) is 6.02. The second kappa shape index (κ2) is 8.75. The van der Waals surface area contributed by atoms with Crippen molar-refractivity contribution in [3.63, 3.8) is 0 Å². The number of hydrogen-bond donors (Lipinski definition) is 1. The Morgan fingerprint density at radius 1 is 1.00 bits per heavy atom. The summed E-state index contributed by atoms with van der Waals surface area (Å²) in [6, 6.07) is 0.119. The largest absolute Gasteiger partial charge is 0.507 e. The van der Waals surface area contributed by atoms with Gasteiger partial charge in [-0.15, -0.1) is 0 Å². The number of nitrogens with zero attached hydrogens (tertiary/aromatic N) is 3. The van der Waals surface area contributed by atoms with Crippen LogP contribution in [0.4, 0.5) is 0 Å². The normalized spacial score (nSPS) is 26.7. The molecule has 0 unspecified atom stereocenters. The van der Waals surface area contributed by atoms with E-state index in [-0.39, 0.29) is 23.3 Å². The highest BCUT2D eigenvalue weighted by molar-refractivity contribution is 7.91. The predicted molar refractivity (Wildman–Crippen MR) is 110 cm³/mol. The molecule has 29 heavy (non-hydrogen) atoms. The van der Waals surface area contributed by atoms with Gasteiger partial charge >= 0.3 is 5.63 Å². The summed E-state index contributed by atoms with van der Waals surface area (Å²) in [5.41, 5.74) is 0.530. The molecule has 1 aromatic heterocycles. The van der Waals surface area contributed by atoms with Gasteiger partial charge in [0.05, 0.1) is 17.1 Å². The fraction of sp³-hybridized carbons (Fsp3) is 0.750. The minimum Gasteiger partial charge on any atom is -0.507 e. The van der Waals surface area contributed by atoms with Crippen LogP contribution in [0.5, 0.6) is 5.75 Å². The fourth-order valence-corrected chi connectivity index (χ4v) is 6.49. The first kappa shape index (κ1) is 20.8. The lowest BCUT2D eigenvalue weighted by molar-refractivity contribution is 0.0985. The number of piperidine rings is 1. The third-order valence-corrected chi connectivity index (χ3v) is 8.25. The van der Waals surface area contributed by atoms with Gasteiger partial charge in [0.2, 0.25) is 0 Å². The van der Waals surface area contributed by atoms with Gasteiger partial charge in [-0.25, -0.2) is 13.2 Å². The van der Waals surface area contributed by atoms with Crippen LogP contribution in [0.15, 0.2) is 15.5 Å². The number of likely N-dealkylation sites (tertiary alicyclic amines) is 1. The number of rotatable bonds is 5. The van der Waals surface area contributed by atoms with Crippen LogP contribution in [-0.4, -0.2) is 85.0 Å². The Morgan fingerprint density at radius 2 is 1.69 bits per heavy atom. The highest BCUT2D eigenvalue weighted by atomic mass is 32.2. The Labute approximate surface area is 172 Å². The summed E-state index contributed by atoms with van der Waals surface area (Å²) in [5.74, 6) is 0.614. The van der Waals surface area contributed by atoms with Crippen molar-refractivity contribution in [3.8, 4) is 5.75 Å². The van der Waals surface area contributed by atoms with Gasteiger partial charge in [-0.1, -0.05) is 6.42 Å². The second-order valence-corrected chi connectivity index (χ2v) is 10.8. The quantitative estimate of drug-likeness (QED) is 0.734. The van der Waals surface area contributed by atoms with Gasteiger partial charge in [-0.2, -0.15) is 0 Å². The van der Waals surface area contributed by atoms with E-state index in [0.717, 1.165) is 52.1 Å². The van der Waals surface area contributed by atoms with Crippen molar-refractivity contribution in [1.29, 1.82) is 0 Å². The molecule has 0 spiro atoms. The first-order valence-electron chi connectivity index (χ1n) is 10.6. The predicted octanol–water partition coefficient (Wildman–Crippen LogP) is 0.636. The van der Waals surface area contributed by atoms with Crippen LogP contribution in [0.25, 0.3) is 0 Å². The molecule has 1 aromatic rings. The molecule has 0 radical (unpaired) electrons. The Kier molecular flexibility index (Phi) is 6.29. The van der Waals surface area contributed by atoms with Crippen LogP contribution in [0.3, 0.4) is 0 Å². The summed E-state index contributed by atoms with van der Waals surface area (Å²) < 4.78 is 28.7. The first-order valence-corrected chi connectivity index (χ1v) is 12.4. The molecule has 4 rings (SSSR count). The van der Waals surface area contributed by atoms with E-state index in [4.69, 9.17) is 4.42 Å². The van der Waals surface area contributed by atoms with Crippen LogP contribution < -0.4 is 5.63 Å². The average Bonchev–Trinajstić information content (AvgIpc) is 3.08. The van der Waals surface area contributed by atoms with Crippen molar-refractivity contribution < 1.29 is 17.9 Å². The molecular formula is C20H31N3O5S. The molecule has 1 atom stereocenters. The topological polar surface area (TPSA) is 94.3 Å². The molecule has 1 N–H and O–H groups in total. The zero-order chi connectivity index (χ0) is 20.4. The highest BCUT2D eigenvalue weighted by Crippen LogP contribution is 2.25. The number of piperazine rings is 1. The maximum atomic E-state index is 12.3. The molecule has 9 heteroatoms. The van der Waals surface area contributed by atoms with Crippen LogP contribution in [-0.2, 0) is 22.9 Å². The molecule has 0 amide bonds. The first-order chi connectivity index (χ1) is 13.9. The maximum Gasteiger partial charge on any atom is 0.343 e. The Hall–Kier alpha value is -1.42. The van der Waals surface area contributed by atoms with E-state index in [1.165, 1.54) is 12.7 Å².